The SMILES string of the molecule is Clc1cccc(Cl)c1COc1c[c-]ccc1.[Zn+][Br]. The van der Waals surface area contributed by atoms with Crippen molar-refractivity contribution in [3.8, 4) is 5.75 Å². The molecule has 0 radical (unpaired) electrons. The number of halogens is 3. The number of benzene rings is 2. The molecule has 0 bridgehead atoms. The van der Waals surface area contributed by atoms with Gasteiger partial charge in [0, 0.05) is 21.4 Å². The van der Waals surface area contributed by atoms with Crippen molar-refractivity contribution in [1.29, 1.82) is 0 Å². The Morgan fingerprint density at radius 1 is 1.11 bits per heavy atom. The van der Waals surface area contributed by atoms with Gasteiger partial charge in [-0.3, -0.25) is 0 Å². The van der Waals surface area contributed by atoms with Gasteiger partial charge in [-0.1, -0.05) is 29.3 Å². The van der Waals surface area contributed by atoms with Crippen LogP contribution in [0.2, 0.25) is 10.0 Å². The molecule has 0 unspecified atom stereocenters. The van der Waals surface area contributed by atoms with Crippen LogP contribution in [0, 0.1) is 6.07 Å². The zero-order valence-corrected chi connectivity index (χ0v) is 15.6. The van der Waals surface area contributed by atoms with E-state index in [1.807, 2.05) is 24.3 Å². The van der Waals surface area contributed by atoms with Crippen LogP contribution in [-0.4, -0.2) is 0 Å². The van der Waals surface area contributed by atoms with Crippen LogP contribution >= 0.6 is 36.8 Å². The molecule has 0 aromatic heterocycles. The number of hydrogen-bond acceptors (Lipinski definition) is 1. The predicted octanol–water partition coefficient (Wildman–Crippen LogP) is 5.22. The standard InChI is InChI=1S/C13H9Cl2O.BrH.Zn/c14-12-7-4-8-13(15)11(12)9-16-10-5-2-1-3-6-10;;/h1-2,4-8H,9H2;1H;/q-1;;+2/p-1. The Morgan fingerprint density at radius 2 is 1.78 bits per heavy atom. The molecule has 0 aliphatic carbocycles. The van der Waals surface area contributed by atoms with Gasteiger partial charge in [0.1, 0.15) is 0 Å². The van der Waals surface area contributed by atoms with Crippen LogP contribution in [0.4, 0.5) is 0 Å². The summed E-state index contributed by atoms with van der Waals surface area (Å²) in [6.45, 7) is 0.357. The number of hydrogen-bond donors (Lipinski definition) is 0. The van der Waals surface area contributed by atoms with Crippen molar-refractivity contribution in [1.82, 2.24) is 0 Å². The fourth-order valence-electron chi connectivity index (χ4n) is 1.29. The Kier molecular flexibility index (Phi) is 7.93. The van der Waals surface area contributed by atoms with E-state index in [1.54, 1.807) is 18.2 Å². The molecule has 0 atom stereocenters. The topological polar surface area (TPSA) is 9.23 Å². The summed E-state index contributed by atoms with van der Waals surface area (Å²) in [6, 6.07) is 15.6. The molecule has 0 fully saturated rings. The molecule has 0 aliphatic heterocycles. The fourth-order valence-corrected chi connectivity index (χ4v) is 1.80. The van der Waals surface area contributed by atoms with Gasteiger partial charge in [0.2, 0.25) is 0 Å². The molecule has 0 N–H and O–H groups in total. The van der Waals surface area contributed by atoms with Crippen LogP contribution in [0.1, 0.15) is 5.56 Å². The second-order valence-corrected chi connectivity index (χ2v) is 4.04. The van der Waals surface area contributed by atoms with Crippen LogP contribution < -0.4 is 4.74 Å². The summed E-state index contributed by atoms with van der Waals surface area (Å²) in [4.78, 5) is 0. The molecular formula is C13H9BrCl2OZn. The van der Waals surface area contributed by atoms with Gasteiger partial charge < -0.3 is 4.74 Å². The number of rotatable bonds is 3. The van der Waals surface area contributed by atoms with Crippen LogP contribution in [0.3, 0.4) is 0 Å². The normalized spacial score (nSPS) is 9.39. The van der Waals surface area contributed by atoms with Crippen LogP contribution in [-0.2, 0) is 22.9 Å². The third-order valence-electron chi connectivity index (χ3n) is 2.12. The Hall–Kier alpha value is -0.0766. The summed E-state index contributed by atoms with van der Waals surface area (Å²) in [5, 5.41) is 1.24. The molecule has 0 saturated carbocycles. The second kappa shape index (κ2) is 8.93. The molecule has 90 valence electrons. The maximum atomic E-state index is 6.02. The average molecular weight is 397 g/mol. The van der Waals surface area contributed by atoms with E-state index in [-0.39, 0.29) is 0 Å². The first-order chi connectivity index (χ1) is 8.77. The van der Waals surface area contributed by atoms with Crippen molar-refractivity contribution >= 4 is 36.8 Å². The molecular weight excluding hydrogens is 388 g/mol. The van der Waals surface area contributed by atoms with Crippen LogP contribution in [0.5, 0.6) is 5.75 Å². The first kappa shape index (κ1) is 16.0. The predicted molar refractivity (Wildman–Crippen MR) is 75.0 cm³/mol. The third-order valence-corrected chi connectivity index (χ3v) is 2.83. The third kappa shape index (κ3) is 4.89. The van der Waals surface area contributed by atoms with Crippen LogP contribution in [0.25, 0.3) is 0 Å². The zero-order valence-electron chi connectivity index (χ0n) is 9.50. The summed E-state index contributed by atoms with van der Waals surface area (Å²) in [5.74, 6) is 0.749. The van der Waals surface area contributed by atoms with E-state index in [4.69, 9.17) is 27.9 Å². The molecule has 2 aromatic rings. The van der Waals surface area contributed by atoms with Crippen molar-refractivity contribution in [2.45, 2.75) is 6.61 Å². The van der Waals surface area contributed by atoms with E-state index in [0.29, 0.717) is 16.7 Å². The van der Waals surface area contributed by atoms with Gasteiger partial charge >= 0.3 is 30.0 Å². The maximum absolute atomic E-state index is 6.02. The average Bonchev–Trinajstić information content (AvgIpc) is 2.42. The van der Waals surface area contributed by atoms with Gasteiger partial charge in [0.15, 0.2) is 0 Å². The summed E-state index contributed by atoms with van der Waals surface area (Å²) in [7, 11) is 0. The van der Waals surface area contributed by atoms with Gasteiger partial charge in [-0.05, 0) is 12.1 Å². The van der Waals surface area contributed by atoms with E-state index >= 15 is 0 Å². The molecule has 18 heavy (non-hydrogen) atoms. The van der Waals surface area contributed by atoms with Gasteiger partial charge in [0.25, 0.3) is 0 Å². The first-order valence-electron chi connectivity index (χ1n) is 5.06. The molecule has 0 aliphatic rings. The van der Waals surface area contributed by atoms with E-state index in [9.17, 15) is 0 Å². The van der Waals surface area contributed by atoms with Crippen LogP contribution in [0.15, 0.2) is 42.5 Å². The molecule has 0 spiro atoms. The van der Waals surface area contributed by atoms with E-state index in [0.717, 1.165) is 11.3 Å². The Bertz CT molecular complexity index is 459. The summed E-state index contributed by atoms with van der Waals surface area (Å²) in [6.07, 6.45) is 0. The van der Waals surface area contributed by atoms with Gasteiger partial charge in [-0.25, -0.2) is 0 Å². The molecule has 2 aromatic carbocycles. The quantitative estimate of drug-likeness (QED) is 0.510. The van der Waals surface area contributed by atoms with E-state index in [1.165, 1.54) is 16.3 Å². The van der Waals surface area contributed by atoms with Crippen molar-refractivity contribution in [3.05, 3.63) is 64.1 Å². The molecule has 0 heterocycles. The second-order valence-electron chi connectivity index (χ2n) is 3.23. The molecule has 2 rings (SSSR count). The summed E-state index contributed by atoms with van der Waals surface area (Å²) in [5.41, 5.74) is 0.801. The summed E-state index contributed by atoms with van der Waals surface area (Å²) < 4.78 is 5.55. The monoisotopic (exact) mass is 394 g/mol. The van der Waals surface area contributed by atoms with Crippen molar-refractivity contribution in [3.63, 3.8) is 0 Å². The van der Waals surface area contributed by atoms with Crippen molar-refractivity contribution < 1.29 is 21.1 Å². The molecule has 0 amide bonds. The fraction of sp³-hybridized carbons (Fsp3) is 0.0769. The zero-order chi connectivity index (χ0) is 13.4. The summed E-state index contributed by atoms with van der Waals surface area (Å²) >= 11 is 16.3. The van der Waals surface area contributed by atoms with Gasteiger partial charge in [-0.15, -0.1) is 12.1 Å². The molecule has 5 heteroatoms. The van der Waals surface area contributed by atoms with E-state index in [2.05, 4.69) is 19.7 Å². The Morgan fingerprint density at radius 3 is 2.33 bits per heavy atom. The minimum absolute atomic E-state index is 0.357. The Balaban J connectivity index is 0.000000771. The first-order valence-corrected chi connectivity index (χ1v) is 12.8. The number of ether oxygens (including phenoxy) is 1. The van der Waals surface area contributed by atoms with Gasteiger partial charge in [-0.2, -0.15) is 18.2 Å². The van der Waals surface area contributed by atoms with E-state index < -0.39 is 0 Å². The Labute approximate surface area is 133 Å². The van der Waals surface area contributed by atoms with Crippen molar-refractivity contribution in [2.24, 2.45) is 0 Å². The van der Waals surface area contributed by atoms with Crippen molar-refractivity contribution in [2.75, 3.05) is 0 Å². The minimum atomic E-state index is 0.357. The molecule has 0 saturated heterocycles. The molecule has 1 nitrogen and oxygen atoms in total. The van der Waals surface area contributed by atoms with Gasteiger partial charge in [0.05, 0.1) is 6.61 Å².